The maximum atomic E-state index is 12.3. The van der Waals surface area contributed by atoms with E-state index in [0.29, 0.717) is 24.4 Å². The highest BCUT2D eigenvalue weighted by Crippen LogP contribution is 2.13. The molecule has 2 rings (SSSR count). The number of hydrogen-bond donors (Lipinski definition) is 2. The van der Waals surface area contributed by atoms with Gasteiger partial charge in [-0.25, -0.2) is 0 Å². The fourth-order valence-electron chi connectivity index (χ4n) is 2.08. The number of nitrogens with zero attached hydrogens (tertiary/aromatic N) is 1. The highest BCUT2D eigenvalue weighted by atomic mass is 16.5. The van der Waals surface area contributed by atoms with Crippen molar-refractivity contribution in [2.24, 2.45) is 0 Å². The number of hydrogen-bond acceptors (Lipinski definition) is 5. The van der Waals surface area contributed by atoms with Gasteiger partial charge in [-0.3, -0.25) is 19.4 Å². The van der Waals surface area contributed by atoms with E-state index in [1.54, 1.807) is 31.4 Å². The largest absolute Gasteiger partial charge is 0.383 e. The summed E-state index contributed by atoms with van der Waals surface area (Å²) < 4.78 is 4.86. The average Bonchev–Trinajstić information content (AvgIpc) is 2.62. The van der Waals surface area contributed by atoms with Crippen molar-refractivity contribution in [1.82, 2.24) is 10.3 Å². The van der Waals surface area contributed by atoms with E-state index in [0.717, 1.165) is 0 Å². The van der Waals surface area contributed by atoms with E-state index in [-0.39, 0.29) is 22.8 Å². The molecule has 130 valence electrons. The van der Waals surface area contributed by atoms with Crippen LogP contribution in [0, 0.1) is 0 Å². The SMILES string of the molecule is COCCNC(=O)c1cncc(C(=O)Nc2cccc(C(C)=O)c2)c1. The van der Waals surface area contributed by atoms with Crippen molar-refractivity contribution < 1.29 is 19.1 Å². The molecule has 25 heavy (non-hydrogen) atoms. The molecule has 7 heteroatoms. The number of pyridine rings is 1. The van der Waals surface area contributed by atoms with Crippen molar-refractivity contribution >= 4 is 23.3 Å². The molecule has 1 aromatic carbocycles. The van der Waals surface area contributed by atoms with Crippen LogP contribution in [0.25, 0.3) is 0 Å². The first kappa shape index (κ1) is 18.3. The van der Waals surface area contributed by atoms with Crippen LogP contribution < -0.4 is 10.6 Å². The molecule has 7 nitrogen and oxygen atoms in total. The molecular weight excluding hydrogens is 322 g/mol. The van der Waals surface area contributed by atoms with Crippen LogP contribution in [-0.2, 0) is 4.74 Å². The van der Waals surface area contributed by atoms with Crippen molar-refractivity contribution in [1.29, 1.82) is 0 Å². The Bertz CT molecular complexity index is 789. The molecular formula is C18H19N3O4. The zero-order chi connectivity index (χ0) is 18.2. The third-order valence-electron chi connectivity index (χ3n) is 3.38. The standard InChI is InChI=1S/C18H19N3O4/c1-12(22)13-4-3-5-16(9-13)21-18(24)15-8-14(10-19-11-15)17(23)20-6-7-25-2/h3-5,8-11H,6-7H2,1-2H3,(H,20,23)(H,21,24). The molecule has 0 aliphatic rings. The summed E-state index contributed by atoms with van der Waals surface area (Å²) in [6, 6.07) is 8.09. The Kier molecular flexibility index (Phi) is 6.36. The lowest BCUT2D eigenvalue weighted by Crippen LogP contribution is -2.27. The van der Waals surface area contributed by atoms with Crippen LogP contribution in [0.4, 0.5) is 5.69 Å². The Morgan fingerprint density at radius 3 is 2.44 bits per heavy atom. The fourth-order valence-corrected chi connectivity index (χ4v) is 2.08. The van der Waals surface area contributed by atoms with Crippen LogP contribution >= 0.6 is 0 Å². The quantitative estimate of drug-likeness (QED) is 0.592. The molecule has 0 aliphatic carbocycles. The number of nitrogens with one attached hydrogen (secondary N) is 2. The molecule has 2 N–H and O–H groups in total. The summed E-state index contributed by atoms with van der Waals surface area (Å²) in [7, 11) is 1.54. The number of ether oxygens (including phenoxy) is 1. The second-order valence-electron chi connectivity index (χ2n) is 5.30. The van der Waals surface area contributed by atoms with Crippen molar-refractivity contribution in [2.45, 2.75) is 6.92 Å². The molecule has 2 aromatic rings. The monoisotopic (exact) mass is 341 g/mol. The van der Waals surface area contributed by atoms with Gasteiger partial charge in [-0.05, 0) is 25.1 Å². The van der Waals surface area contributed by atoms with E-state index >= 15 is 0 Å². The summed E-state index contributed by atoms with van der Waals surface area (Å²) in [4.78, 5) is 39.7. The van der Waals surface area contributed by atoms with Gasteiger partial charge in [-0.15, -0.1) is 0 Å². The summed E-state index contributed by atoms with van der Waals surface area (Å²) in [5.74, 6) is -0.843. The second kappa shape index (κ2) is 8.70. The van der Waals surface area contributed by atoms with E-state index in [1.165, 1.54) is 25.4 Å². The molecule has 2 amide bonds. The summed E-state index contributed by atoms with van der Waals surface area (Å²) in [6.45, 7) is 2.21. The summed E-state index contributed by atoms with van der Waals surface area (Å²) in [6.07, 6.45) is 2.76. The van der Waals surface area contributed by atoms with Gasteiger partial charge < -0.3 is 15.4 Å². The third-order valence-corrected chi connectivity index (χ3v) is 3.38. The normalized spacial score (nSPS) is 10.2. The number of rotatable bonds is 7. The van der Waals surface area contributed by atoms with Crippen molar-refractivity contribution in [3.63, 3.8) is 0 Å². The average molecular weight is 341 g/mol. The first-order chi connectivity index (χ1) is 12.0. The number of amides is 2. The smallest absolute Gasteiger partial charge is 0.257 e. The minimum absolute atomic E-state index is 0.0903. The van der Waals surface area contributed by atoms with Gasteiger partial charge in [0.1, 0.15) is 0 Å². The summed E-state index contributed by atoms with van der Waals surface area (Å²) >= 11 is 0. The van der Waals surface area contributed by atoms with E-state index in [9.17, 15) is 14.4 Å². The molecule has 0 radical (unpaired) electrons. The maximum absolute atomic E-state index is 12.3. The minimum Gasteiger partial charge on any atom is -0.383 e. The predicted octanol–water partition coefficient (Wildman–Crippen LogP) is 1.91. The molecule has 0 saturated heterocycles. The molecule has 0 unspecified atom stereocenters. The van der Waals surface area contributed by atoms with Crippen LogP contribution in [0.2, 0.25) is 0 Å². The maximum Gasteiger partial charge on any atom is 0.257 e. The van der Waals surface area contributed by atoms with Crippen LogP contribution in [0.5, 0.6) is 0 Å². The number of methoxy groups -OCH3 is 1. The van der Waals surface area contributed by atoms with Crippen LogP contribution in [0.3, 0.4) is 0 Å². The highest BCUT2D eigenvalue weighted by Gasteiger charge is 2.12. The molecule has 0 atom stereocenters. The molecule has 1 heterocycles. The molecule has 0 saturated carbocycles. The molecule has 0 spiro atoms. The third kappa shape index (κ3) is 5.22. The van der Waals surface area contributed by atoms with Crippen molar-refractivity contribution in [2.75, 3.05) is 25.6 Å². The second-order valence-corrected chi connectivity index (χ2v) is 5.30. The lowest BCUT2D eigenvalue weighted by atomic mass is 10.1. The Labute approximate surface area is 145 Å². The summed E-state index contributed by atoms with van der Waals surface area (Å²) in [5, 5.41) is 5.35. The highest BCUT2D eigenvalue weighted by molar-refractivity contribution is 6.06. The Hall–Kier alpha value is -3.06. The van der Waals surface area contributed by atoms with E-state index in [4.69, 9.17) is 4.74 Å². The first-order valence-corrected chi connectivity index (χ1v) is 7.66. The zero-order valence-electron chi connectivity index (χ0n) is 14.0. The van der Waals surface area contributed by atoms with Crippen molar-refractivity contribution in [3.05, 3.63) is 59.4 Å². The number of ketones is 1. The lowest BCUT2D eigenvalue weighted by molar-refractivity contribution is 0.0936. The van der Waals surface area contributed by atoms with Crippen molar-refractivity contribution in [3.8, 4) is 0 Å². The van der Waals surface area contributed by atoms with Crippen LogP contribution in [0.1, 0.15) is 38.0 Å². The fraction of sp³-hybridized carbons (Fsp3) is 0.222. The minimum atomic E-state index is -0.417. The molecule has 1 aromatic heterocycles. The number of anilines is 1. The van der Waals surface area contributed by atoms with E-state index < -0.39 is 5.91 Å². The Morgan fingerprint density at radius 2 is 1.76 bits per heavy atom. The number of benzene rings is 1. The van der Waals surface area contributed by atoms with Gasteiger partial charge in [0.25, 0.3) is 11.8 Å². The number of aromatic nitrogens is 1. The first-order valence-electron chi connectivity index (χ1n) is 7.66. The van der Waals surface area contributed by atoms with Crippen LogP contribution in [0.15, 0.2) is 42.7 Å². The van der Waals surface area contributed by atoms with Gasteiger partial charge in [0.2, 0.25) is 0 Å². The van der Waals surface area contributed by atoms with Gasteiger partial charge in [-0.2, -0.15) is 0 Å². The zero-order valence-corrected chi connectivity index (χ0v) is 14.0. The van der Waals surface area contributed by atoms with E-state index in [2.05, 4.69) is 15.6 Å². The molecule has 0 fully saturated rings. The molecule has 0 bridgehead atoms. The number of Topliss-reactive ketones (excluding diaryl/α,β-unsaturated/α-hetero) is 1. The summed E-state index contributed by atoms with van der Waals surface area (Å²) in [5.41, 5.74) is 1.52. The number of carbonyl (C=O) groups is 3. The van der Waals surface area contributed by atoms with Gasteiger partial charge in [0, 0.05) is 37.3 Å². The van der Waals surface area contributed by atoms with Gasteiger partial charge in [0.05, 0.1) is 17.7 Å². The number of carbonyl (C=O) groups excluding carboxylic acids is 3. The topological polar surface area (TPSA) is 97.4 Å². The Balaban J connectivity index is 2.09. The van der Waals surface area contributed by atoms with Gasteiger partial charge in [-0.1, -0.05) is 12.1 Å². The lowest BCUT2D eigenvalue weighted by Gasteiger charge is -2.08. The van der Waals surface area contributed by atoms with Gasteiger partial charge >= 0.3 is 0 Å². The molecule has 0 aliphatic heterocycles. The van der Waals surface area contributed by atoms with E-state index in [1.807, 2.05) is 0 Å². The van der Waals surface area contributed by atoms with Crippen LogP contribution in [-0.4, -0.2) is 42.8 Å². The Morgan fingerprint density at radius 1 is 1.04 bits per heavy atom. The van der Waals surface area contributed by atoms with Gasteiger partial charge in [0.15, 0.2) is 5.78 Å². The predicted molar refractivity (Wildman–Crippen MR) is 92.8 cm³/mol.